The van der Waals surface area contributed by atoms with Gasteiger partial charge in [0, 0.05) is 5.69 Å². The molecule has 2 amide bonds. The first-order valence-electron chi connectivity index (χ1n) is 6.38. The molecule has 0 aliphatic rings. The van der Waals surface area contributed by atoms with Gasteiger partial charge in [-0.05, 0) is 45.0 Å². The molecule has 1 rings (SSSR count). The monoisotopic (exact) mass is 298 g/mol. The highest BCUT2D eigenvalue weighted by Crippen LogP contribution is 2.09. The standard InChI is InChI=1S/C14H19FN2O4/c1-14(2,3)21-13(20)17-11(8-18)12(19)16-10-6-4-9(15)5-7-10/h4-7,11,18H,8H2,1-3H3,(H,16,19)(H,17,20)/t11-/m1/s1. The van der Waals surface area contributed by atoms with Crippen molar-refractivity contribution in [1.82, 2.24) is 5.32 Å². The molecule has 0 fully saturated rings. The number of ether oxygens (including phenoxy) is 1. The molecule has 0 bridgehead atoms. The van der Waals surface area contributed by atoms with Gasteiger partial charge in [0.15, 0.2) is 0 Å². The first-order valence-corrected chi connectivity index (χ1v) is 6.38. The van der Waals surface area contributed by atoms with Crippen LogP contribution in [0, 0.1) is 5.82 Å². The van der Waals surface area contributed by atoms with E-state index in [0.29, 0.717) is 5.69 Å². The van der Waals surface area contributed by atoms with Crippen molar-refractivity contribution >= 4 is 17.7 Å². The summed E-state index contributed by atoms with van der Waals surface area (Å²) in [5, 5.41) is 13.9. The number of aliphatic hydroxyl groups is 1. The quantitative estimate of drug-likeness (QED) is 0.788. The minimum atomic E-state index is -1.16. The zero-order valence-corrected chi connectivity index (χ0v) is 12.1. The number of aliphatic hydroxyl groups excluding tert-OH is 1. The Kier molecular flexibility index (Phi) is 5.66. The number of halogens is 1. The molecule has 1 atom stereocenters. The SMILES string of the molecule is CC(C)(C)OC(=O)N[C@H](CO)C(=O)Nc1ccc(F)cc1. The molecule has 0 aliphatic heterocycles. The normalized spacial score (nSPS) is 12.4. The predicted octanol–water partition coefficient (Wildman–Crippen LogP) is 1.65. The van der Waals surface area contributed by atoms with Crippen molar-refractivity contribution in [2.75, 3.05) is 11.9 Å². The Hall–Kier alpha value is -2.15. The van der Waals surface area contributed by atoms with E-state index in [9.17, 15) is 19.1 Å². The molecular formula is C14H19FN2O4. The summed E-state index contributed by atoms with van der Waals surface area (Å²) >= 11 is 0. The summed E-state index contributed by atoms with van der Waals surface area (Å²) in [6.07, 6.45) is -0.809. The molecule has 0 saturated carbocycles. The van der Waals surface area contributed by atoms with Gasteiger partial charge in [-0.2, -0.15) is 0 Å². The van der Waals surface area contributed by atoms with Crippen LogP contribution in [0.1, 0.15) is 20.8 Å². The lowest BCUT2D eigenvalue weighted by Crippen LogP contribution is -2.47. The van der Waals surface area contributed by atoms with Gasteiger partial charge in [-0.25, -0.2) is 9.18 Å². The molecule has 1 aromatic rings. The number of amides is 2. The zero-order chi connectivity index (χ0) is 16.0. The van der Waals surface area contributed by atoms with Crippen LogP contribution in [0.2, 0.25) is 0 Å². The van der Waals surface area contributed by atoms with Gasteiger partial charge in [0.2, 0.25) is 5.91 Å². The van der Waals surface area contributed by atoms with Crippen molar-refractivity contribution in [1.29, 1.82) is 0 Å². The summed E-state index contributed by atoms with van der Waals surface area (Å²) in [5.41, 5.74) is -0.358. The fourth-order valence-corrected chi connectivity index (χ4v) is 1.41. The van der Waals surface area contributed by atoms with Crippen LogP contribution in [0.4, 0.5) is 14.9 Å². The van der Waals surface area contributed by atoms with Gasteiger partial charge in [-0.15, -0.1) is 0 Å². The molecule has 3 N–H and O–H groups in total. The molecule has 0 heterocycles. The van der Waals surface area contributed by atoms with Crippen molar-refractivity contribution in [3.8, 4) is 0 Å². The average molecular weight is 298 g/mol. The van der Waals surface area contributed by atoms with Crippen molar-refractivity contribution in [3.05, 3.63) is 30.1 Å². The second-order valence-corrected chi connectivity index (χ2v) is 5.38. The molecule has 1 aromatic carbocycles. The topological polar surface area (TPSA) is 87.7 Å². The van der Waals surface area contributed by atoms with E-state index in [4.69, 9.17) is 4.74 Å². The number of rotatable bonds is 4. The number of carbonyl (C=O) groups excluding carboxylic acids is 2. The Labute approximate surface area is 122 Å². The summed E-state index contributed by atoms with van der Waals surface area (Å²) in [6, 6.07) is 3.95. The Morgan fingerprint density at radius 2 is 1.86 bits per heavy atom. The number of nitrogens with one attached hydrogen (secondary N) is 2. The smallest absolute Gasteiger partial charge is 0.408 e. The van der Waals surface area contributed by atoms with Crippen LogP contribution >= 0.6 is 0 Å². The third kappa shape index (κ3) is 6.22. The summed E-state index contributed by atoms with van der Waals surface area (Å²) in [4.78, 5) is 23.5. The fourth-order valence-electron chi connectivity index (χ4n) is 1.41. The number of benzene rings is 1. The molecule has 0 aliphatic carbocycles. The van der Waals surface area contributed by atoms with E-state index in [1.165, 1.54) is 24.3 Å². The fraction of sp³-hybridized carbons (Fsp3) is 0.429. The summed E-state index contributed by atoms with van der Waals surface area (Å²) < 4.78 is 17.7. The Morgan fingerprint density at radius 1 is 1.29 bits per heavy atom. The van der Waals surface area contributed by atoms with Crippen LogP contribution in [0.5, 0.6) is 0 Å². The number of alkyl carbamates (subject to hydrolysis) is 1. The maximum Gasteiger partial charge on any atom is 0.408 e. The number of hydrogen-bond donors (Lipinski definition) is 3. The van der Waals surface area contributed by atoms with Crippen molar-refractivity contribution in [3.63, 3.8) is 0 Å². The van der Waals surface area contributed by atoms with E-state index in [2.05, 4.69) is 10.6 Å². The third-order valence-electron chi connectivity index (χ3n) is 2.30. The Balaban J connectivity index is 2.61. The van der Waals surface area contributed by atoms with E-state index in [0.717, 1.165) is 0 Å². The second kappa shape index (κ2) is 7.03. The van der Waals surface area contributed by atoms with Gasteiger partial charge in [0.05, 0.1) is 6.61 Å². The van der Waals surface area contributed by atoms with Gasteiger partial charge in [0.25, 0.3) is 0 Å². The van der Waals surface area contributed by atoms with Gasteiger partial charge >= 0.3 is 6.09 Å². The Bertz CT molecular complexity index is 497. The summed E-state index contributed by atoms with van der Waals surface area (Å²) in [6.45, 7) is 4.45. The van der Waals surface area contributed by atoms with Gasteiger partial charge < -0.3 is 20.5 Å². The maximum atomic E-state index is 12.8. The van der Waals surface area contributed by atoms with Gasteiger partial charge in [0.1, 0.15) is 17.5 Å². The molecule has 0 spiro atoms. The maximum absolute atomic E-state index is 12.8. The number of carbonyl (C=O) groups is 2. The molecule has 7 heteroatoms. The van der Waals surface area contributed by atoms with Crippen LogP contribution in [0.25, 0.3) is 0 Å². The highest BCUT2D eigenvalue weighted by molar-refractivity contribution is 5.96. The molecular weight excluding hydrogens is 279 g/mol. The second-order valence-electron chi connectivity index (χ2n) is 5.38. The van der Waals surface area contributed by atoms with E-state index in [-0.39, 0.29) is 0 Å². The first-order chi connectivity index (χ1) is 9.71. The lowest BCUT2D eigenvalue weighted by atomic mass is 10.2. The van der Waals surface area contributed by atoms with Crippen molar-refractivity contribution in [2.24, 2.45) is 0 Å². The molecule has 0 radical (unpaired) electrons. The minimum Gasteiger partial charge on any atom is -0.444 e. The van der Waals surface area contributed by atoms with Gasteiger partial charge in [-0.1, -0.05) is 0 Å². The van der Waals surface area contributed by atoms with Crippen LogP contribution in [-0.4, -0.2) is 35.4 Å². The summed E-state index contributed by atoms with van der Waals surface area (Å²) in [7, 11) is 0. The largest absolute Gasteiger partial charge is 0.444 e. The van der Waals surface area contributed by atoms with Crippen LogP contribution in [0.3, 0.4) is 0 Å². The number of anilines is 1. The van der Waals surface area contributed by atoms with E-state index >= 15 is 0 Å². The van der Waals surface area contributed by atoms with Crippen LogP contribution in [-0.2, 0) is 9.53 Å². The average Bonchev–Trinajstić information content (AvgIpc) is 2.36. The van der Waals surface area contributed by atoms with Gasteiger partial charge in [-0.3, -0.25) is 4.79 Å². The Morgan fingerprint density at radius 3 is 2.33 bits per heavy atom. The zero-order valence-electron chi connectivity index (χ0n) is 12.1. The minimum absolute atomic E-state index is 0.353. The highest BCUT2D eigenvalue weighted by Gasteiger charge is 2.23. The molecule has 21 heavy (non-hydrogen) atoms. The van der Waals surface area contributed by atoms with E-state index < -0.39 is 36.1 Å². The predicted molar refractivity (Wildman–Crippen MR) is 75.3 cm³/mol. The number of hydrogen-bond acceptors (Lipinski definition) is 4. The van der Waals surface area contributed by atoms with Crippen LogP contribution < -0.4 is 10.6 Å². The van der Waals surface area contributed by atoms with Crippen molar-refractivity contribution in [2.45, 2.75) is 32.4 Å². The molecule has 0 saturated heterocycles. The van der Waals surface area contributed by atoms with E-state index in [1.54, 1.807) is 20.8 Å². The molecule has 0 aromatic heterocycles. The highest BCUT2D eigenvalue weighted by atomic mass is 19.1. The molecule has 6 nitrogen and oxygen atoms in total. The lowest BCUT2D eigenvalue weighted by Gasteiger charge is -2.22. The van der Waals surface area contributed by atoms with E-state index in [1.807, 2.05) is 0 Å². The first kappa shape index (κ1) is 16.9. The molecule has 0 unspecified atom stereocenters. The lowest BCUT2D eigenvalue weighted by molar-refractivity contribution is -0.119. The van der Waals surface area contributed by atoms with Crippen LogP contribution in [0.15, 0.2) is 24.3 Å². The molecule has 116 valence electrons. The summed E-state index contributed by atoms with van der Waals surface area (Å²) in [5.74, 6) is -1.06. The third-order valence-corrected chi connectivity index (χ3v) is 2.30. The van der Waals surface area contributed by atoms with Crippen molar-refractivity contribution < 1.29 is 23.8 Å².